The summed E-state index contributed by atoms with van der Waals surface area (Å²) >= 11 is 0. The quantitative estimate of drug-likeness (QED) is 0.161. The van der Waals surface area contributed by atoms with Crippen molar-refractivity contribution in [1.29, 1.82) is 0 Å². The summed E-state index contributed by atoms with van der Waals surface area (Å²) in [5.74, 6) is -8.09. The average molecular weight is 587 g/mol. The summed E-state index contributed by atoms with van der Waals surface area (Å²) in [4.78, 5) is 54.2. The molecular formula is C29H38N4O9. The van der Waals surface area contributed by atoms with Crippen molar-refractivity contribution < 1.29 is 39.7 Å². The van der Waals surface area contributed by atoms with E-state index < -0.39 is 74.4 Å². The first kappa shape index (κ1) is 31.0. The molecule has 3 aliphatic carbocycles. The zero-order chi connectivity index (χ0) is 31.4. The molecule has 13 nitrogen and oxygen atoms in total. The fourth-order valence-electron chi connectivity index (χ4n) is 6.80. The Labute approximate surface area is 243 Å². The largest absolute Gasteiger partial charge is 0.508 e. The first-order valence-corrected chi connectivity index (χ1v) is 14.1. The van der Waals surface area contributed by atoms with Crippen LogP contribution in [0.4, 0.5) is 11.4 Å². The Morgan fingerprint density at radius 1 is 1.24 bits per heavy atom. The summed E-state index contributed by atoms with van der Waals surface area (Å²) in [6.45, 7) is 6.51. The number of nitro benzene ring substituents is 1. The molecule has 1 amide bonds. The summed E-state index contributed by atoms with van der Waals surface area (Å²) < 4.78 is 0. The van der Waals surface area contributed by atoms with Crippen LogP contribution in [0.3, 0.4) is 0 Å². The predicted molar refractivity (Wildman–Crippen MR) is 153 cm³/mol. The number of benzene rings is 1. The molecule has 0 spiro atoms. The highest BCUT2D eigenvalue weighted by Gasteiger charge is 2.64. The third-order valence-electron chi connectivity index (χ3n) is 9.06. The van der Waals surface area contributed by atoms with Gasteiger partial charge in [0, 0.05) is 35.8 Å². The van der Waals surface area contributed by atoms with Crippen molar-refractivity contribution in [2.45, 2.75) is 70.6 Å². The third kappa shape index (κ3) is 4.42. The summed E-state index contributed by atoms with van der Waals surface area (Å²) in [5.41, 5.74) is 1.21. The molecule has 0 saturated heterocycles. The van der Waals surface area contributed by atoms with Gasteiger partial charge in [0.2, 0.25) is 11.5 Å². The van der Waals surface area contributed by atoms with Gasteiger partial charge in [0.25, 0.3) is 5.91 Å². The van der Waals surface area contributed by atoms with Crippen LogP contribution >= 0.6 is 0 Å². The Kier molecular flexibility index (Phi) is 8.13. The van der Waals surface area contributed by atoms with Crippen molar-refractivity contribution in [3.8, 4) is 5.75 Å². The SMILES string of the molecule is CCCCN(c1cc([N+](=O)[O-])c(O)c2c1CC1CC3[C@H](N(C)C)C(=O)C(C(N)=O)=C(O)[C@@]3(O)C(=O)C1=C2O)C(C)CC. The number of aromatic hydroxyl groups is 1. The lowest BCUT2D eigenvalue weighted by Crippen LogP contribution is -2.65. The Morgan fingerprint density at radius 3 is 2.40 bits per heavy atom. The number of nitrogens with zero attached hydrogens (tertiary/aromatic N) is 3. The van der Waals surface area contributed by atoms with Crippen LogP contribution in [0.25, 0.3) is 5.76 Å². The van der Waals surface area contributed by atoms with Gasteiger partial charge < -0.3 is 31.1 Å². The van der Waals surface area contributed by atoms with Gasteiger partial charge in [-0.2, -0.15) is 0 Å². The van der Waals surface area contributed by atoms with E-state index in [0.29, 0.717) is 24.2 Å². The highest BCUT2D eigenvalue weighted by molar-refractivity contribution is 6.24. The van der Waals surface area contributed by atoms with Gasteiger partial charge in [0.15, 0.2) is 11.4 Å². The fraction of sp³-hybridized carbons (Fsp3) is 0.552. The number of nitrogens with two attached hydrogens (primary N) is 1. The topological polar surface area (TPSA) is 208 Å². The first-order valence-electron chi connectivity index (χ1n) is 14.1. The van der Waals surface area contributed by atoms with Crippen molar-refractivity contribution >= 4 is 34.6 Å². The lowest BCUT2D eigenvalue weighted by Gasteiger charge is -2.50. The smallest absolute Gasteiger partial charge is 0.313 e. The molecule has 3 unspecified atom stereocenters. The van der Waals surface area contributed by atoms with Crippen LogP contribution in [0.2, 0.25) is 0 Å². The van der Waals surface area contributed by atoms with E-state index in [1.807, 2.05) is 25.7 Å². The van der Waals surface area contributed by atoms with E-state index in [9.17, 15) is 44.9 Å². The van der Waals surface area contributed by atoms with Crippen LogP contribution in [-0.2, 0) is 20.8 Å². The molecule has 0 radical (unpaired) electrons. The number of rotatable bonds is 9. The maximum Gasteiger partial charge on any atom is 0.313 e. The number of hydrogen-bond donors (Lipinski definition) is 5. The van der Waals surface area contributed by atoms with Crippen LogP contribution in [0.15, 0.2) is 23.0 Å². The van der Waals surface area contributed by atoms with Crippen molar-refractivity contribution in [3.05, 3.63) is 44.2 Å². The second kappa shape index (κ2) is 11.0. The van der Waals surface area contributed by atoms with Gasteiger partial charge in [-0.25, -0.2) is 0 Å². The highest BCUT2D eigenvalue weighted by atomic mass is 16.6. The number of fused-ring (bicyclic) bond motifs is 3. The Bertz CT molecular complexity index is 1430. The molecule has 0 aromatic heterocycles. The lowest BCUT2D eigenvalue weighted by molar-refractivity contribution is -0.385. The van der Waals surface area contributed by atoms with Gasteiger partial charge in [-0.3, -0.25) is 29.4 Å². The number of hydrogen-bond acceptors (Lipinski definition) is 11. The minimum atomic E-state index is -2.78. The fourth-order valence-corrected chi connectivity index (χ4v) is 6.80. The van der Waals surface area contributed by atoms with Gasteiger partial charge >= 0.3 is 5.69 Å². The highest BCUT2D eigenvalue weighted by Crippen LogP contribution is 2.55. The number of phenolic OH excluding ortho intramolecular Hbond substituents is 1. The van der Waals surface area contributed by atoms with Crippen LogP contribution in [0.1, 0.15) is 57.6 Å². The van der Waals surface area contributed by atoms with Crippen molar-refractivity contribution in [2.75, 3.05) is 25.5 Å². The molecule has 13 heteroatoms. The zero-order valence-corrected chi connectivity index (χ0v) is 24.4. The molecule has 1 aromatic rings. The van der Waals surface area contributed by atoms with Crippen LogP contribution in [-0.4, -0.2) is 86.0 Å². The molecule has 42 heavy (non-hydrogen) atoms. The molecule has 0 heterocycles. The predicted octanol–water partition coefficient (Wildman–Crippen LogP) is 2.28. The number of anilines is 1. The van der Waals surface area contributed by atoms with Gasteiger partial charge in [-0.1, -0.05) is 20.3 Å². The molecule has 228 valence electrons. The van der Waals surface area contributed by atoms with Crippen LogP contribution in [0, 0.1) is 22.0 Å². The Balaban J connectivity index is 2.02. The molecule has 4 rings (SSSR count). The molecule has 5 atom stereocenters. The molecule has 6 N–H and O–H groups in total. The minimum Gasteiger partial charge on any atom is -0.508 e. The minimum absolute atomic E-state index is 0.0501. The van der Waals surface area contributed by atoms with E-state index in [-0.39, 0.29) is 30.0 Å². The van der Waals surface area contributed by atoms with E-state index in [1.165, 1.54) is 25.1 Å². The number of ketones is 2. The van der Waals surface area contributed by atoms with Gasteiger partial charge in [-0.15, -0.1) is 0 Å². The van der Waals surface area contributed by atoms with E-state index in [0.717, 1.165) is 12.8 Å². The maximum atomic E-state index is 14.1. The first-order chi connectivity index (χ1) is 19.6. The molecule has 3 aliphatic rings. The summed E-state index contributed by atoms with van der Waals surface area (Å²) in [6.07, 6.45) is 2.32. The van der Waals surface area contributed by atoms with Crippen molar-refractivity contribution in [1.82, 2.24) is 4.90 Å². The number of likely N-dealkylation sites (N-methyl/N-ethyl adjacent to an activating group) is 1. The Hall–Kier alpha value is -3.97. The summed E-state index contributed by atoms with van der Waals surface area (Å²) in [5, 5.41) is 57.4. The standard InChI is InChI=1S/C29H38N4O9/c1-6-8-9-32(13(3)7-2)17-12-18(33(41)42)23(34)20-15(17)10-14-11-16-22(31(4)5)25(36)21(28(30)39)27(38)29(16,40)26(37)19(14)24(20)35/h12-14,16,22,34-35,38,40H,6-11H2,1-5H3,(H2,30,39)/t13?,14?,16?,22-,29-/m0/s1. The number of phenols is 1. The molecule has 0 bridgehead atoms. The third-order valence-corrected chi connectivity index (χ3v) is 9.06. The number of unbranched alkanes of at least 4 members (excludes halogenated alkanes) is 1. The van der Waals surface area contributed by atoms with E-state index in [4.69, 9.17) is 5.73 Å². The van der Waals surface area contributed by atoms with E-state index in [1.54, 1.807) is 0 Å². The van der Waals surface area contributed by atoms with Crippen LogP contribution < -0.4 is 10.6 Å². The number of primary amides is 1. The number of Topliss-reactive ketones (excluding diaryl/α,β-unsaturated/α-hetero) is 2. The zero-order valence-electron chi connectivity index (χ0n) is 24.4. The number of carbonyl (C=O) groups excluding carboxylic acids is 3. The number of amides is 1. The molecule has 1 saturated carbocycles. The average Bonchev–Trinajstić information content (AvgIpc) is 2.90. The summed E-state index contributed by atoms with van der Waals surface area (Å²) in [7, 11) is 3.06. The normalized spacial score (nSPS) is 26.1. The number of carbonyl (C=O) groups is 3. The van der Waals surface area contributed by atoms with E-state index >= 15 is 0 Å². The monoisotopic (exact) mass is 586 g/mol. The molecule has 1 fully saturated rings. The Morgan fingerprint density at radius 2 is 1.88 bits per heavy atom. The summed E-state index contributed by atoms with van der Waals surface area (Å²) in [6, 6.07) is 0.0301. The molecule has 1 aromatic carbocycles. The maximum absolute atomic E-state index is 14.1. The van der Waals surface area contributed by atoms with E-state index in [2.05, 4.69) is 0 Å². The van der Waals surface area contributed by atoms with Crippen molar-refractivity contribution in [2.24, 2.45) is 17.6 Å². The van der Waals surface area contributed by atoms with Gasteiger partial charge in [-0.05, 0) is 58.2 Å². The number of nitro groups is 1. The van der Waals surface area contributed by atoms with Crippen LogP contribution in [0.5, 0.6) is 5.75 Å². The molecular weight excluding hydrogens is 548 g/mol. The second-order valence-corrected chi connectivity index (χ2v) is 11.6. The van der Waals surface area contributed by atoms with Gasteiger partial charge in [0.05, 0.1) is 16.5 Å². The van der Waals surface area contributed by atoms with Gasteiger partial charge in [0.1, 0.15) is 17.1 Å². The van der Waals surface area contributed by atoms with Crippen molar-refractivity contribution in [3.63, 3.8) is 0 Å². The number of aliphatic hydroxyl groups excluding tert-OH is 2. The molecule has 0 aliphatic heterocycles. The second-order valence-electron chi connectivity index (χ2n) is 11.6. The number of aliphatic hydroxyl groups is 3. The lowest BCUT2D eigenvalue weighted by atomic mass is 9.57.